The normalized spacial score (nSPS) is 10.9. The first kappa shape index (κ1) is 19.5. The molecule has 4 rings (SSSR count). The maximum atomic E-state index is 12.5. The second-order valence-corrected chi connectivity index (χ2v) is 7.23. The van der Waals surface area contributed by atoms with E-state index in [4.69, 9.17) is 8.83 Å². The second kappa shape index (κ2) is 8.29. The summed E-state index contributed by atoms with van der Waals surface area (Å²) in [5, 5.41) is 6.67. The van der Waals surface area contributed by atoms with Crippen LogP contribution < -0.4 is 10.6 Å². The van der Waals surface area contributed by atoms with Crippen molar-refractivity contribution in [3.05, 3.63) is 89.1 Å². The predicted molar refractivity (Wildman–Crippen MR) is 114 cm³/mol. The number of carbonyl (C=O) groups is 2. The van der Waals surface area contributed by atoms with Gasteiger partial charge in [0.05, 0.1) is 18.9 Å². The van der Waals surface area contributed by atoms with Crippen LogP contribution in [0.2, 0.25) is 0 Å². The Morgan fingerprint density at radius 3 is 2.67 bits per heavy atom. The van der Waals surface area contributed by atoms with Gasteiger partial charge in [0.15, 0.2) is 5.76 Å². The third-order valence-electron chi connectivity index (χ3n) is 5.11. The molecule has 4 aromatic rings. The summed E-state index contributed by atoms with van der Waals surface area (Å²) >= 11 is 0. The number of rotatable bonds is 6. The van der Waals surface area contributed by atoms with E-state index in [-0.39, 0.29) is 24.0 Å². The van der Waals surface area contributed by atoms with Crippen molar-refractivity contribution in [2.24, 2.45) is 0 Å². The summed E-state index contributed by atoms with van der Waals surface area (Å²) in [6, 6.07) is 14.6. The van der Waals surface area contributed by atoms with E-state index in [1.165, 1.54) is 6.26 Å². The third kappa shape index (κ3) is 4.12. The summed E-state index contributed by atoms with van der Waals surface area (Å²) in [5.41, 5.74) is 5.46. The molecule has 0 aliphatic carbocycles. The van der Waals surface area contributed by atoms with Crippen LogP contribution in [0.5, 0.6) is 0 Å². The molecule has 30 heavy (non-hydrogen) atoms. The number of hydrogen-bond acceptors (Lipinski definition) is 4. The molecule has 0 fully saturated rings. The molecule has 2 N–H and O–H groups in total. The van der Waals surface area contributed by atoms with Crippen LogP contribution in [0, 0.1) is 13.8 Å². The van der Waals surface area contributed by atoms with Crippen LogP contribution in [0.4, 0.5) is 5.69 Å². The summed E-state index contributed by atoms with van der Waals surface area (Å²) in [6.45, 7) is 4.41. The maximum absolute atomic E-state index is 12.5. The highest BCUT2D eigenvalue weighted by Crippen LogP contribution is 2.26. The lowest BCUT2D eigenvalue weighted by molar-refractivity contribution is -0.120. The zero-order valence-corrected chi connectivity index (χ0v) is 16.8. The molecular weight excluding hydrogens is 380 g/mol. The van der Waals surface area contributed by atoms with Crippen LogP contribution in [-0.2, 0) is 17.8 Å². The minimum Gasteiger partial charge on any atom is -0.464 e. The predicted octanol–water partition coefficient (Wildman–Crippen LogP) is 4.75. The van der Waals surface area contributed by atoms with E-state index < -0.39 is 0 Å². The first-order valence-corrected chi connectivity index (χ1v) is 9.68. The molecule has 0 radical (unpaired) electrons. The summed E-state index contributed by atoms with van der Waals surface area (Å²) < 4.78 is 10.8. The Morgan fingerprint density at radius 1 is 1.00 bits per heavy atom. The van der Waals surface area contributed by atoms with Crippen LogP contribution in [-0.4, -0.2) is 11.8 Å². The van der Waals surface area contributed by atoms with Crippen LogP contribution in [0.15, 0.2) is 69.9 Å². The van der Waals surface area contributed by atoms with Crippen molar-refractivity contribution in [2.45, 2.75) is 26.8 Å². The number of amides is 2. The molecule has 2 heterocycles. The van der Waals surface area contributed by atoms with Crippen molar-refractivity contribution >= 4 is 28.5 Å². The van der Waals surface area contributed by atoms with Gasteiger partial charge in [-0.05, 0) is 54.8 Å². The van der Waals surface area contributed by atoms with Crippen molar-refractivity contribution in [3.8, 4) is 0 Å². The van der Waals surface area contributed by atoms with E-state index in [0.717, 1.165) is 33.2 Å². The topological polar surface area (TPSA) is 84.5 Å². The summed E-state index contributed by atoms with van der Waals surface area (Å²) in [4.78, 5) is 24.6. The highest BCUT2D eigenvalue weighted by atomic mass is 16.3. The van der Waals surface area contributed by atoms with E-state index in [1.807, 2.05) is 44.2 Å². The first-order chi connectivity index (χ1) is 14.5. The molecule has 6 nitrogen and oxygen atoms in total. The lowest BCUT2D eigenvalue weighted by Gasteiger charge is -2.08. The average Bonchev–Trinajstić information content (AvgIpc) is 3.40. The number of nitrogens with one attached hydrogen (secondary N) is 2. The van der Waals surface area contributed by atoms with E-state index in [0.29, 0.717) is 12.2 Å². The van der Waals surface area contributed by atoms with Crippen LogP contribution in [0.3, 0.4) is 0 Å². The highest BCUT2D eigenvalue weighted by Gasteiger charge is 2.13. The van der Waals surface area contributed by atoms with Gasteiger partial charge < -0.3 is 19.5 Å². The molecule has 2 amide bonds. The molecule has 2 aromatic heterocycles. The number of carbonyl (C=O) groups excluding carboxylic acids is 2. The Bertz CT molecular complexity index is 1210. The monoisotopic (exact) mass is 402 g/mol. The number of fused-ring (bicyclic) bond motifs is 1. The van der Waals surface area contributed by atoms with Crippen LogP contribution in [0.1, 0.15) is 32.8 Å². The van der Waals surface area contributed by atoms with Gasteiger partial charge in [0.2, 0.25) is 5.91 Å². The van der Waals surface area contributed by atoms with E-state index in [1.54, 1.807) is 24.5 Å². The smallest absolute Gasteiger partial charge is 0.291 e. The number of benzene rings is 2. The molecule has 0 bridgehead atoms. The second-order valence-electron chi connectivity index (χ2n) is 7.23. The van der Waals surface area contributed by atoms with E-state index in [9.17, 15) is 9.59 Å². The third-order valence-corrected chi connectivity index (χ3v) is 5.11. The molecule has 0 aliphatic heterocycles. The van der Waals surface area contributed by atoms with Crippen molar-refractivity contribution in [3.63, 3.8) is 0 Å². The SMILES string of the molecule is Cc1ccc2c(CC(=O)NCc3cccc(NC(=O)c4ccco4)c3)coc2c1C. The maximum Gasteiger partial charge on any atom is 0.291 e. The fraction of sp³-hybridized carbons (Fsp3) is 0.167. The Balaban J connectivity index is 1.37. The van der Waals surface area contributed by atoms with Crippen LogP contribution in [0.25, 0.3) is 11.0 Å². The Hall–Kier alpha value is -3.80. The van der Waals surface area contributed by atoms with Gasteiger partial charge in [-0.25, -0.2) is 0 Å². The fourth-order valence-electron chi connectivity index (χ4n) is 3.32. The Morgan fingerprint density at radius 2 is 1.87 bits per heavy atom. The summed E-state index contributed by atoms with van der Waals surface area (Å²) in [6.07, 6.45) is 3.35. The molecular formula is C24H22N2O4. The average molecular weight is 402 g/mol. The van der Waals surface area contributed by atoms with Gasteiger partial charge >= 0.3 is 0 Å². The molecule has 152 valence electrons. The van der Waals surface area contributed by atoms with Gasteiger partial charge in [-0.1, -0.05) is 24.3 Å². The number of anilines is 1. The van der Waals surface area contributed by atoms with Gasteiger partial charge in [-0.3, -0.25) is 9.59 Å². The molecule has 0 saturated heterocycles. The van der Waals surface area contributed by atoms with Crippen molar-refractivity contribution < 1.29 is 18.4 Å². The van der Waals surface area contributed by atoms with Gasteiger partial charge in [0.1, 0.15) is 5.58 Å². The number of furan rings is 2. The number of aryl methyl sites for hydroxylation is 2. The first-order valence-electron chi connectivity index (χ1n) is 9.68. The molecule has 0 aliphatic rings. The molecule has 6 heteroatoms. The number of hydrogen-bond donors (Lipinski definition) is 2. The lowest BCUT2D eigenvalue weighted by atomic mass is 10.0. The Labute approximate surface area is 173 Å². The summed E-state index contributed by atoms with van der Waals surface area (Å²) in [5.74, 6) is -0.175. The molecule has 2 aromatic carbocycles. The summed E-state index contributed by atoms with van der Waals surface area (Å²) in [7, 11) is 0. The quantitative estimate of drug-likeness (QED) is 0.487. The minimum absolute atomic E-state index is 0.0963. The van der Waals surface area contributed by atoms with Crippen LogP contribution >= 0.6 is 0 Å². The van der Waals surface area contributed by atoms with Crippen molar-refractivity contribution in [2.75, 3.05) is 5.32 Å². The van der Waals surface area contributed by atoms with Gasteiger partial charge in [-0.2, -0.15) is 0 Å². The molecule has 0 unspecified atom stereocenters. The van der Waals surface area contributed by atoms with Gasteiger partial charge in [-0.15, -0.1) is 0 Å². The van der Waals surface area contributed by atoms with E-state index >= 15 is 0 Å². The lowest BCUT2D eigenvalue weighted by Crippen LogP contribution is -2.24. The van der Waals surface area contributed by atoms with Crippen molar-refractivity contribution in [1.82, 2.24) is 5.32 Å². The zero-order valence-electron chi connectivity index (χ0n) is 16.8. The minimum atomic E-state index is -0.321. The van der Waals surface area contributed by atoms with E-state index in [2.05, 4.69) is 10.6 Å². The molecule has 0 spiro atoms. The highest BCUT2D eigenvalue weighted by molar-refractivity contribution is 6.02. The molecule has 0 saturated carbocycles. The largest absolute Gasteiger partial charge is 0.464 e. The molecule has 0 atom stereocenters. The fourth-order valence-corrected chi connectivity index (χ4v) is 3.32. The van der Waals surface area contributed by atoms with Crippen molar-refractivity contribution in [1.29, 1.82) is 0 Å². The van der Waals surface area contributed by atoms with Gasteiger partial charge in [0, 0.05) is 23.2 Å². The van der Waals surface area contributed by atoms with Gasteiger partial charge in [0.25, 0.3) is 5.91 Å². The standard InChI is InChI=1S/C24H22N2O4/c1-15-8-9-20-18(14-30-23(20)16(15)2)12-22(27)25-13-17-5-3-6-19(11-17)26-24(28)21-7-4-10-29-21/h3-11,14H,12-13H2,1-2H3,(H,25,27)(H,26,28). The Kier molecular flexibility index (Phi) is 5.39. The zero-order chi connectivity index (χ0) is 21.1.